The lowest BCUT2D eigenvalue weighted by Gasteiger charge is -2.17. The smallest absolute Gasteiger partial charge is 0.232 e. The quantitative estimate of drug-likeness (QED) is 0.677. The number of aromatic nitrogens is 1. The summed E-state index contributed by atoms with van der Waals surface area (Å²) >= 11 is 1.06. The molecular weight excluding hydrogens is 177 g/mol. The lowest BCUT2D eigenvalue weighted by Crippen LogP contribution is -2.13. The summed E-state index contributed by atoms with van der Waals surface area (Å²) in [4.78, 5) is 0. The van der Waals surface area contributed by atoms with E-state index in [1.54, 1.807) is 0 Å². The third kappa shape index (κ3) is 1.58. The highest BCUT2D eigenvalue weighted by molar-refractivity contribution is 7.07. The van der Waals surface area contributed by atoms with Gasteiger partial charge in [-0.2, -0.15) is 8.76 Å². The van der Waals surface area contributed by atoms with Gasteiger partial charge in [0.2, 0.25) is 5.95 Å². The Labute approximate surface area is 75.5 Å². The van der Waals surface area contributed by atoms with Gasteiger partial charge in [0.25, 0.3) is 0 Å². The van der Waals surface area contributed by atoms with Crippen molar-refractivity contribution in [3.8, 4) is 5.06 Å². The maximum absolute atomic E-state index is 13.1. The molecule has 0 saturated heterocycles. The molecule has 0 radical (unpaired) electrons. The van der Waals surface area contributed by atoms with Crippen LogP contribution in [-0.4, -0.2) is 11.5 Å². The van der Waals surface area contributed by atoms with Crippen LogP contribution in [0.25, 0.3) is 0 Å². The Hall–Kier alpha value is -0.640. The van der Waals surface area contributed by atoms with Gasteiger partial charge >= 0.3 is 0 Å². The van der Waals surface area contributed by atoms with Crippen molar-refractivity contribution in [1.29, 1.82) is 0 Å². The molecule has 0 amide bonds. The van der Waals surface area contributed by atoms with Crippen molar-refractivity contribution >= 4 is 11.5 Å². The van der Waals surface area contributed by atoms with Crippen LogP contribution in [-0.2, 0) is 5.41 Å². The molecule has 1 aromatic heterocycles. The standard InChI is InChI=1S/C8H12FNOS/c1-8(2,3)5-6(9)10-12-7(5)11-4/h1-4H3. The van der Waals surface area contributed by atoms with Crippen molar-refractivity contribution in [3.63, 3.8) is 0 Å². The summed E-state index contributed by atoms with van der Waals surface area (Å²) in [7, 11) is 1.53. The Morgan fingerprint density at radius 2 is 2.00 bits per heavy atom. The molecule has 0 bridgehead atoms. The number of halogens is 1. The third-order valence-electron chi connectivity index (χ3n) is 1.55. The predicted molar refractivity (Wildman–Crippen MR) is 47.3 cm³/mol. The second kappa shape index (κ2) is 3.01. The normalized spacial score (nSPS) is 11.8. The molecule has 0 unspecified atom stereocenters. The van der Waals surface area contributed by atoms with Crippen LogP contribution in [0.15, 0.2) is 0 Å². The van der Waals surface area contributed by atoms with Crippen molar-refractivity contribution in [2.45, 2.75) is 26.2 Å². The molecule has 0 aromatic carbocycles. The van der Waals surface area contributed by atoms with E-state index in [0.717, 1.165) is 11.5 Å². The Morgan fingerprint density at radius 3 is 2.33 bits per heavy atom. The summed E-state index contributed by atoms with van der Waals surface area (Å²) in [5, 5.41) is 0.569. The summed E-state index contributed by atoms with van der Waals surface area (Å²) in [5.41, 5.74) is 0.317. The van der Waals surface area contributed by atoms with E-state index in [4.69, 9.17) is 4.74 Å². The van der Waals surface area contributed by atoms with Gasteiger partial charge in [0, 0.05) is 11.5 Å². The molecule has 0 saturated carbocycles. The number of hydrogen-bond donors (Lipinski definition) is 0. The molecule has 0 atom stereocenters. The fraction of sp³-hybridized carbons (Fsp3) is 0.625. The molecule has 1 aromatic rings. The summed E-state index contributed by atoms with van der Waals surface area (Å²) in [6.45, 7) is 5.80. The van der Waals surface area contributed by atoms with Crippen molar-refractivity contribution in [2.24, 2.45) is 0 Å². The van der Waals surface area contributed by atoms with E-state index in [1.807, 2.05) is 20.8 Å². The Morgan fingerprint density at radius 1 is 1.42 bits per heavy atom. The first-order chi connectivity index (χ1) is 5.46. The van der Waals surface area contributed by atoms with Gasteiger partial charge in [-0.3, -0.25) is 0 Å². The monoisotopic (exact) mass is 189 g/mol. The molecule has 12 heavy (non-hydrogen) atoms. The van der Waals surface area contributed by atoms with Crippen molar-refractivity contribution < 1.29 is 9.13 Å². The maximum atomic E-state index is 13.1. The number of nitrogens with zero attached hydrogens (tertiary/aromatic N) is 1. The summed E-state index contributed by atoms with van der Waals surface area (Å²) in [5.74, 6) is -0.413. The highest BCUT2D eigenvalue weighted by Crippen LogP contribution is 2.36. The third-order valence-corrected chi connectivity index (χ3v) is 2.34. The zero-order valence-corrected chi connectivity index (χ0v) is 8.46. The van der Waals surface area contributed by atoms with Gasteiger partial charge in [0.1, 0.15) is 0 Å². The average Bonchev–Trinajstić information content (AvgIpc) is 2.29. The maximum Gasteiger partial charge on any atom is 0.232 e. The molecule has 4 heteroatoms. The van der Waals surface area contributed by atoms with E-state index < -0.39 is 5.95 Å². The van der Waals surface area contributed by atoms with Gasteiger partial charge in [-0.15, -0.1) is 0 Å². The van der Waals surface area contributed by atoms with Crippen LogP contribution in [0.2, 0.25) is 0 Å². The first-order valence-corrected chi connectivity index (χ1v) is 4.44. The van der Waals surface area contributed by atoms with E-state index in [-0.39, 0.29) is 5.41 Å². The number of hydrogen-bond acceptors (Lipinski definition) is 3. The molecule has 0 aliphatic carbocycles. The molecule has 1 heterocycles. The van der Waals surface area contributed by atoms with E-state index >= 15 is 0 Å². The van der Waals surface area contributed by atoms with Gasteiger partial charge in [-0.1, -0.05) is 20.8 Å². The van der Waals surface area contributed by atoms with Gasteiger partial charge < -0.3 is 4.74 Å². The van der Waals surface area contributed by atoms with Crippen LogP contribution in [0.5, 0.6) is 5.06 Å². The minimum Gasteiger partial charge on any atom is -0.486 e. The van der Waals surface area contributed by atoms with Crippen LogP contribution in [0.3, 0.4) is 0 Å². The lowest BCUT2D eigenvalue weighted by molar-refractivity contribution is 0.401. The van der Waals surface area contributed by atoms with E-state index in [2.05, 4.69) is 4.37 Å². The molecule has 1 rings (SSSR count). The van der Waals surface area contributed by atoms with Gasteiger partial charge in [-0.25, -0.2) is 0 Å². The molecule has 0 aliphatic rings. The lowest BCUT2D eigenvalue weighted by atomic mass is 9.89. The molecule has 0 N–H and O–H groups in total. The molecule has 0 fully saturated rings. The van der Waals surface area contributed by atoms with E-state index in [1.165, 1.54) is 7.11 Å². The Kier molecular flexibility index (Phi) is 2.37. The summed E-state index contributed by atoms with van der Waals surface area (Å²) in [6, 6.07) is 0. The van der Waals surface area contributed by atoms with Gasteiger partial charge in [-0.05, 0) is 5.41 Å². The molecular formula is C8H12FNOS. The largest absolute Gasteiger partial charge is 0.486 e. The van der Waals surface area contributed by atoms with E-state index in [0.29, 0.717) is 10.6 Å². The second-order valence-corrected chi connectivity index (χ2v) is 4.33. The summed E-state index contributed by atoms with van der Waals surface area (Å²) in [6.07, 6.45) is 0. The van der Waals surface area contributed by atoms with Gasteiger partial charge in [0.05, 0.1) is 12.7 Å². The van der Waals surface area contributed by atoms with Crippen LogP contribution in [0, 0.1) is 5.95 Å². The number of ether oxygens (including phenoxy) is 1. The van der Waals surface area contributed by atoms with Crippen molar-refractivity contribution in [3.05, 3.63) is 11.5 Å². The van der Waals surface area contributed by atoms with Crippen LogP contribution in [0.4, 0.5) is 4.39 Å². The highest BCUT2D eigenvalue weighted by Gasteiger charge is 2.26. The number of rotatable bonds is 1. The minimum atomic E-state index is -0.413. The molecule has 0 spiro atoms. The predicted octanol–water partition coefficient (Wildman–Crippen LogP) is 2.59. The van der Waals surface area contributed by atoms with Gasteiger partial charge in [0.15, 0.2) is 5.06 Å². The average molecular weight is 189 g/mol. The molecule has 0 aliphatic heterocycles. The topological polar surface area (TPSA) is 22.1 Å². The van der Waals surface area contributed by atoms with Crippen molar-refractivity contribution in [2.75, 3.05) is 7.11 Å². The minimum absolute atomic E-state index is 0.248. The second-order valence-electron chi connectivity index (χ2n) is 3.59. The zero-order valence-electron chi connectivity index (χ0n) is 7.64. The highest BCUT2D eigenvalue weighted by atomic mass is 32.1. The first-order valence-electron chi connectivity index (χ1n) is 3.66. The number of methoxy groups -OCH3 is 1. The first kappa shape index (κ1) is 9.45. The van der Waals surface area contributed by atoms with E-state index in [9.17, 15) is 4.39 Å². The molecule has 68 valence electrons. The Balaban J connectivity index is 3.19. The molecule has 2 nitrogen and oxygen atoms in total. The fourth-order valence-electron chi connectivity index (χ4n) is 1.01. The van der Waals surface area contributed by atoms with Crippen molar-refractivity contribution in [1.82, 2.24) is 4.37 Å². The zero-order chi connectivity index (χ0) is 9.35. The SMILES string of the molecule is COc1snc(F)c1C(C)(C)C. The van der Waals surface area contributed by atoms with Crippen LogP contribution >= 0.6 is 11.5 Å². The van der Waals surface area contributed by atoms with Crippen LogP contribution < -0.4 is 4.74 Å². The summed E-state index contributed by atoms with van der Waals surface area (Å²) < 4.78 is 21.7. The van der Waals surface area contributed by atoms with Crippen LogP contribution in [0.1, 0.15) is 26.3 Å². The Bertz CT molecular complexity index is 277. The fourth-order valence-corrected chi connectivity index (χ4v) is 1.82.